The van der Waals surface area contributed by atoms with Gasteiger partial charge in [-0.05, 0) is 58.1 Å². The van der Waals surface area contributed by atoms with Gasteiger partial charge < -0.3 is 10.2 Å². The Morgan fingerprint density at radius 3 is 2.67 bits per heavy atom. The van der Waals surface area contributed by atoms with Crippen molar-refractivity contribution in [1.29, 1.82) is 0 Å². The van der Waals surface area contributed by atoms with Gasteiger partial charge in [0, 0.05) is 18.6 Å². The first-order valence-electron chi connectivity index (χ1n) is 7.85. The van der Waals surface area contributed by atoms with E-state index in [4.69, 9.17) is 0 Å². The second-order valence-corrected chi connectivity index (χ2v) is 7.22. The van der Waals surface area contributed by atoms with Crippen LogP contribution in [0.1, 0.15) is 44.9 Å². The fourth-order valence-corrected chi connectivity index (χ4v) is 2.94. The molecule has 3 rings (SSSR count). The Balaban J connectivity index is 1.60. The highest BCUT2D eigenvalue weighted by Crippen LogP contribution is 2.27. The van der Waals surface area contributed by atoms with Gasteiger partial charge in [0.1, 0.15) is 0 Å². The van der Waals surface area contributed by atoms with Crippen molar-refractivity contribution in [3.63, 3.8) is 0 Å². The molecule has 5 nitrogen and oxygen atoms in total. The summed E-state index contributed by atoms with van der Waals surface area (Å²) in [6.45, 7) is 7.52. The summed E-state index contributed by atoms with van der Waals surface area (Å²) < 4.78 is 0. The maximum atomic E-state index is 12.1. The number of hydrogen-bond acceptors (Lipinski definition) is 4. The molecule has 1 amide bonds. The van der Waals surface area contributed by atoms with Crippen LogP contribution in [0.5, 0.6) is 0 Å². The smallest absolute Gasteiger partial charge is 0.227 e. The zero-order chi connectivity index (χ0) is 15.0. The van der Waals surface area contributed by atoms with Crippen LogP contribution in [-0.4, -0.2) is 34.7 Å². The summed E-state index contributed by atoms with van der Waals surface area (Å²) in [5, 5.41) is 11.7. The summed E-state index contributed by atoms with van der Waals surface area (Å²) in [4.78, 5) is 14.2. The van der Waals surface area contributed by atoms with Gasteiger partial charge in [-0.25, -0.2) is 0 Å². The monoisotopic (exact) mass is 288 g/mol. The average molecular weight is 288 g/mol. The number of aryl methyl sites for hydroxylation is 2. The number of anilines is 1. The van der Waals surface area contributed by atoms with Crippen molar-refractivity contribution in [3.8, 4) is 0 Å². The van der Waals surface area contributed by atoms with Gasteiger partial charge in [0.05, 0.1) is 11.6 Å². The second kappa shape index (κ2) is 5.28. The number of nitrogens with zero attached hydrogens (tertiary/aromatic N) is 3. The van der Waals surface area contributed by atoms with E-state index in [-0.39, 0.29) is 17.4 Å². The van der Waals surface area contributed by atoms with E-state index < -0.39 is 0 Å². The molecule has 114 valence electrons. The van der Waals surface area contributed by atoms with E-state index in [9.17, 15) is 4.79 Å². The van der Waals surface area contributed by atoms with E-state index in [0.29, 0.717) is 0 Å². The molecule has 2 aliphatic rings. The summed E-state index contributed by atoms with van der Waals surface area (Å²) in [5.74, 6) is 1.14. The van der Waals surface area contributed by atoms with Crippen molar-refractivity contribution >= 4 is 11.7 Å². The quantitative estimate of drug-likeness (QED) is 0.900. The van der Waals surface area contributed by atoms with Gasteiger partial charge in [-0.2, -0.15) is 5.10 Å². The number of aromatic nitrogens is 2. The molecule has 1 aliphatic carbocycles. The first kappa shape index (κ1) is 14.3. The third-order valence-corrected chi connectivity index (χ3v) is 4.13. The van der Waals surface area contributed by atoms with Crippen LogP contribution in [0.3, 0.4) is 0 Å². The number of carbonyl (C=O) groups is 1. The van der Waals surface area contributed by atoms with Gasteiger partial charge in [0.2, 0.25) is 5.91 Å². The minimum atomic E-state index is -0.164. The Hall–Kier alpha value is -1.65. The predicted octanol–water partition coefficient (Wildman–Crippen LogP) is 1.71. The largest absolute Gasteiger partial charge is 0.353 e. The molecular weight excluding hydrogens is 264 g/mol. The van der Waals surface area contributed by atoms with Crippen LogP contribution in [-0.2, 0) is 17.6 Å². The molecule has 21 heavy (non-hydrogen) atoms. The molecule has 0 spiro atoms. The lowest BCUT2D eigenvalue weighted by atomic mass is 9.95. The summed E-state index contributed by atoms with van der Waals surface area (Å²) in [6.07, 6.45) is 4.63. The van der Waals surface area contributed by atoms with Crippen LogP contribution in [0.2, 0.25) is 0 Å². The molecule has 1 aromatic heterocycles. The van der Waals surface area contributed by atoms with Gasteiger partial charge in [-0.15, -0.1) is 5.10 Å². The second-order valence-electron chi connectivity index (χ2n) is 7.22. The SMILES string of the molecule is CC(C)(C)NC(=O)C1CN(c2cc3c(nn2)CCCC3)C1. The van der Waals surface area contributed by atoms with E-state index >= 15 is 0 Å². The van der Waals surface area contributed by atoms with Crippen LogP contribution in [0.25, 0.3) is 0 Å². The maximum absolute atomic E-state index is 12.1. The molecule has 1 saturated heterocycles. The Bertz CT molecular complexity index is 544. The van der Waals surface area contributed by atoms with Gasteiger partial charge in [-0.3, -0.25) is 4.79 Å². The lowest BCUT2D eigenvalue weighted by molar-refractivity contribution is -0.127. The fraction of sp³-hybridized carbons (Fsp3) is 0.688. The van der Waals surface area contributed by atoms with Crippen LogP contribution >= 0.6 is 0 Å². The molecule has 1 N–H and O–H groups in total. The van der Waals surface area contributed by atoms with E-state index in [1.165, 1.54) is 18.4 Å². The molecule has 0 unspecified atom stereocenters. The number of hydrogen-bond donors (Lipinski definition) is 1. The van der Waals surface area contributed by atoms with Crippen LogP contribution < -0.4 is 10.2 Å². The van der Waals surface area contributed by atoms with Gasteiger partial charge in [0.25, 0.3) is 0 Å². The van der Waals surface area contributed by atoms with E-state index in [1.54, 1.807) is 0 Å². The third kappa shape index (κ3) is 3.17. The molecule has 0 aromatic carbocycles. The summed E-state index contributed by atoms with van der Waals surface area (Å²) in [6, 6.07) is 2.17. The highest BCUT2D eigenvalue weighted by Gasteiger charge is 2.35. The van der Waals surface area contributed by atoms with Gasteiger partial charge >= 0.3 is 0 Å². The zero-order valence-electron chi connectivity index (χ0n) is 13.1. The van der Waals surface area contributed by atoms with Crippen molar-refractivity contribution in [1.82, 2.24) is 15.5 Å². The Labute approximate surface area is 126 Å². The van der Waals surface area contributed by atoms with Crippen molar-refractivity contribution in [2.24, 2.45) is 5.92 Å². The molecule has 0 bridgehead atoms. The molecule has 0 saturated carbocycles. The first-order chi connectivity index (χ1) is 9.92. The normalized spacial score (nSPS) is 18.9. The van der Waals surface area contributed by atoms with Crippen LogP contribution in [0.15, 0.2) is 6.07 Å². The summed E-state index contributed by atoms with van der Waals surface area (Å²) in [5.41, 5.74) is 2.34. The van der Waals surface area contributed by atoms with E-state index in [2.05, 4.69) is 26.5 Å². The Kier molecular flexibility index (Phi) is 3.59. The highest BCUT2D eigenvalue weighted by atomic mass is 16.2. The van der Waals surface area contributed by atoms with Gasteiger partial charge in [-0.1, -0.05) is 0 Å². The number of rotatable bonds is 2. The van der Waals surface area contributed by atoms with Crippen LogP contribution in [0.4, 0.5) is 5.82 Å². The number of carbonyl (C=O) groups excluding carboxylic acids is 1. The Morgan fingerprint density at radius 2 is 1.95 bits per heavy atom. The molecule has 2 heterocycles. The van der Waals surface area contributed by atoms with Crippen LogP contribution in [0, 0.1) is 5.92 Å². The first-order valence-corrected chi connectivity index (χ1v) is 7.85. The maximum Gasteiger partial charge on any atom is 0.227 e. The minimum absolute atomic E-state index is 0.0713. The van der Waals surface area contributed by atoms with Crippen molar-refractivity contribution in [2.75, 3.05) is 18.0 Å². The number of nitrogens with one attached hydrogen (secondary N) is 1. The lowest BCUT2D eigenvalue weighted by Crippen LogP contribution is -2.56. The highest BCUT2D eigenvalue weighted by molar-refractivity contribution is 5.82. The van der Waals surface area contributed by atoms with Gasteiger partial charge in [0.15, 0.2) is 5.82 Å². The molecule has 1 aromatic rings. The molecular formula is C16H24N4O. The molecule has 0 radical (unpaired) electrons. The summed E-state index contributed by atoms with van der Waals surface area (Å²) >= 11 is 0. The topological polar surface area (TPSA) is 58.1 Å². The number of amides is 1. The third-order valence-electron chi connectivity index (χ3n) is 4.13. The predicted molar refractivity (Wildman–Crippen MR) is 82.3 cm³/mol. The molecule has 5 heteroatoms. The zero-order valence-corrected chi connectivity index (χ0v) is 13.1. The standard InChI is InChI=1S/C16H24N4O/c1-16(2,3)17-15(21)12-9-20(10-12)14-8-11-6-4-5-7-13(11)18-19-14/h8,12H,4-7,9-10H2,1-3H3,(H,17,21). The van der Waals surface area contributed by atoms with E-state index in [1.807, 2.05) is 20.8 Å². The molecule has 0 atom stereocenters. The number of fused-ring (bicyclic) bond motifs is 1. The molecule has 1 fully saturated rings. The average Bonchev–Trinajstić information content (AvgIpc) is 2.34. The fourth-order valence-electron chi connectivity index (χ4n) is 2.94. The lowest BCUT2D eigenvalue weighted by Gasteiger charge is -2.40. The Morgan fingerprint density at radius 1 is 1.24 bits per heavy atom. The van der Waals surface area contributed by atoms with Crippen molar-refractivity contribution in [3.05, 3.63) is 17.3 Å². The van der Waals surface area contributed by atoms with Crippen molar-refractivity contribution < 1.29 is 4.79 Å². The summed E-state index contributed by atoms with van der Waals surface area (Å²) in [7, 11) is 0. The minimum Gasteiger partial charge on any atom is -0.353 e. The molecule has 1 aliphatic heterocycles. The van der Waals surface area contributed by atoms with Crippen molar-refractivity contribution in [2.45, 2.75) is 52.0 Å². The van der Waals surface area contributed by atoms with E-state index in [0.717, 1.165) is 37.4 Å².